The van der Waals surface area contributed by atoms with Crippen LogP contribution < -0.4 is 0 Å². The minimum atomic E-state index is 0.102. The highest BCUT2D eigenvalue weighted by Crippen LogP contribution is 2.69. The van der Waals surface area contributed by atoms with Crippen LogP contribution in [0.15, 0.2) is 22.9 Å². The van der Waals surface area contributed by atoms with E-state index < -0.39 is 0 Å². The van der Waals surface area contributed by atoms with Crippen molar-refractivity contribution in [2.75, 3.05) is 26.2 Å². The van der Waals surface area contributed by atoms with Crippen LogP contribution in [0.1, 0.15) is 52.5 Å². The van der Waals surface area contributed by atoms with Gasteiger partial charge in [-0.3, -0.25) is 9.59 Å². The molecule has 3 fully saturated rings. The third-order valence-corrected chi connectivity index (χ3v) is 8.82. The molecule has 3 heterocycles. The van der Waals surface area contributed by atoms with E-state index in [1.54, 1.807) is 17.4 Å². The van der Waals surface area contributed by atoms with Crippen LogP contribution in [0.3, 0.4) is 0 Å². The number of carbonyl (C=O) groups excluding carboxylic acids is 2. The Bertz CT molecular complexity index is 772. The molecule has 0 radical (unpaired) electrons. The van der Waals surface area contributed by atoms with Gasteiger partial charge >= 0.3 is 0 Å². The highest BCUT2D eigenvalue weighted by Gasteiger charge is 2.69. The van der Waals surface area contributed by atoms with E-state index in [0.29, 0.717) is 5.91 Å². The van der Waals surface area contributed by atoms with Crippen molar-refractivity contribution in [2.24, 2.45) is 22.2 Å². The molecule has 0 atom stereocenters. The number of hydrogen-bond donors (Lipinski definition) is 0. The Balaban J connectivity index is 1.31. The van der Waals surface area contributed by atoms with Gasteiger partial charge in [0, 0.05) is 38.2 Å². The summed E-state index contributed by atoms with van der Waals surface area (Å²) in [5.41, 5.74) is 1.50. The normalized spacial score (nSPS) is 25.6. The van der Waals surface area contributed by atoms with Crippen LogP contribution in [-0.4, -0.2) is 47.8 Å². The first-order valence-corrected chi connectivity index (χ1v) is 11.4. The Morgan fingerprint density at radius 2 is 1.64 bits per heavy atom. The molecule has 0 N–H and O–H groups in total. The van der Waals surface area contributed by atoms with Gasteiger partial charge in [-0.15, -0.1) is 0 Å². The lowest BCUT2D eigenvalue weighted by molar-refractivity contribution is -0.134. The number of carbonyl (C=O) groups is 2. The standard InChI is InChI=1S/C23H32N2O2S/c1-21(2)19(22(21,3)4)20(27)25-13-10-23(16-25)8-11-24(12-9-23)18(26)6-5-17-7-14-28-15-17/h5-7,14-15,19H,8-13,16H2,1-4H3. The first-order chi connectivity index (χ1) is 13.2. The fraction of sp³-hybridized carbons (Fsp3) is 0.652. The molecule has 1 spiro atoms. The van der Waals surface area contributed by atoms with Crippen LogP contribution in [0.4, 0.5) is 0 Å². The number of piperidine rings is 1. The van der Waals surface area contributed by atoms with E-state index in [-0.39, 0.29) is 28.1 Å². The van der Waals surface area contributed by atoms with Gasteiger partial charge in [-0.25, -0.2) is 0 Å². The summed E-state index contributed by atoms with van der Waals surface area (Å²) in [7, 11) is 0. The molecule has 1 aliphatic carbocycles. The van der Waals surface area contributed by atoms with Crippen molar-refractivity contribution in [1.29, 1.82) is 0 Å². The first-order valence-electron chi connectivity index (χ1n) is 10.4. The Morgan fingerprint density at radius 3 is 2.18 bits per heavy atom. The Hall–Kier alpha value is -1.62. The van der Waals surface area contributed by atoms with Crippen molar-refractivity contribution < 1.29 is 9.59 Å². The van der Waals surface area contributed by atoms with Crippen molar-refractivity contribution in [1.82, 2.24) is 9.80 Å². The molecule has 4 nitrogen and oxygen atoms in total. The SMILES string of the molecule is CC1(C)C(C(=O)N2CCC3(CCN(C(=O)C=Cc4ccsc4)CC3)C2)C1(C)C. The van der Waals surface area contributed by atoms with E-state index in [9.17, 15) is 9.59 Å². The third kappa shape index (κ3) is 3.22. The smallest absolute Gasteiger partial charge is 0.246 e. The molecular weight excluding hydrogens is 368 g/mol. The average Bonchev–Trinajstić information content (AvgIpc) is 3.14. The molecule has 0 unspecified atom stereocenters. The van der Waals surface area contributed by atoms with Gasteiger partial charge in [-0.05, 0) is 64.0 Å². The fourth-order valence-electron chi connectivity index (χ4n) is 5.37. The lowest BCUT2D eigenvalue weighted by Gasteiger charge is -2.39. The molecule has 2 amide bonds. The largest absolute Gasteiger partial charge is 0.342 e. The molecule has 4 rings (SSSR count). The molecule has 1 aromatic heterocycles. The minimum Gasteiger partial charge on any atom is -0.342 e. The predicted molar refractivity (Wildman–Crippen MR) is 114 cm³/mol. The van der Waals surface area contributed by atoms with Crippen LogP contribution >= 0.6 is 11.3 Å². The van der Waals surface area contributed by atoms with Crippen molar-refractivity contribution >= 4 is 29.2 Å². The quantitative estimate of drug-likeness (QED) is 0.711. The molecule has 2 saturated heterocycles. The number of rotatable bonds is 3. The number of nitrogens with zero attached hydrogens (tertiary/aromatic N) is 2. The average molecular weight is 401 g/mol. The van der Waals surface area contributed by atoms with Gasteiger partial charge in [0.15, 0.2) is 0 Å². The van der Waals surface area contributed by atoms with Crippen molar-refractivity contribution in [3.05, 3.63) is 28.5 Å². The van der Waals surface area contributed by atoms with Crippen LogP contribution in [0.25, 0.3) is 6.08 Å². The molecule has 3 aliphatic rings. The second-order valence-corrected chi connectivity index (χ2v) is 10.9. The summed E-state index contributed by atoms with van der Waals surface area (Å²) in [4.78, 5) is 29.7. The molecule has 152 valence electrons. The van der Waals surface area contributed by atoms with Crippen molar-refractivity contribution in [3.8, 4) is 0 Å². The van der Waals surface area contributed by atoms with E-state index in [4.69, 9.17) is 0 Å². The van der Waals surface area contributed by atoms with Crippen LogP contribution in [0.2, 0.25) is 0 Å². The van der Waals surface area contributed by atoms with E-state index in [0.717, 1.165) is 51.0 Å². The summed E-state index contributed by atoms with van der Waals surface area (Å²) < 4.78 is 0. The number of likely N-dealkylation sites (tertiary alicyclic amines) is 2. The summed E-state index contributed by atoms with van der Waals surface area (Å²) in [6.45, 7) is 12.2. The monoisotopic (exact) mass is 400 g/mol. The zero-order chi connectivity index (χ0) is 20.2. The van der Waals surface area contributed by atoms with Gasteiger partial charge in [0.1, 0.15) is 0 Å². The van der Waals surface area contributed by atoms with Gasteiger partial charge in [0.2, 0.25) is 11.8 Å². The molecule has 5 heteroatoms. The maximum atomic E-state index is 13.1. The Kier molecular flexibility index (Phi) is 4.72. The summed E-state index contributed by atoms with van der Waals surface area (Å²) in [6, 6.07) is 2.02. The second kappa shape index (κ2) is 6.72. The second-order valence-electron chi connectivity index (χ2n) is 10.1. The van der Waals surface area contributed by atoms with Gasteiger partial charge < -0.3 is 9.80 Å². The zero-order valence-corrected chi connectivity index (χ0v) is 18.3. The summed E-state index contributed by atoms with van der Waals surface area (Å²) >= 11 is 1.64. The molecule has 1 aromatic rings. The first kappa shape index (κ1) is 19.7. The molecule has 1 saturated carbocycles. The minimum absolute atomic E-state index is 0.102. The molecular formula is C23H32N2O2S. The van der Waals surface area contributed by atoms with E-state index >= 15 is 0 Å². The topological polar surface area (TPSA) is 40.6 Å². The number of amides is 2. The van der Waals surface area contributed by atoms with E-state index in [1.165, 1.54) is 0 Å². The van der Waals surface area contributed by atoms with E-state index in [1.807, 2.05) is 27.8 Å². The molecule has 0 bridgehead atoms. The zero-order valence-electron chi connectivity index (χ0n) is 17.5. The summed E-state index contributed by atoms with van der Waals surface area (Å²) in [5.74, 6) is 0.608. The van der Waals surface area contributed by atoms with Crippen LogP contribution in [-0.2, 0) is 9.59 Å². The number of hydrogen-bond acceptors (Lipinski definition) is 3. The summed E-state index contributed by atoms with van der Waals surface area (Å²) in [5, 5.41) is 4.06. The van der Waals surface area contributed by atoms with Crippen LogP contribution in [0, 0.1) is 22.2 Å². The predicted octanol–water partition coefficient (Wildman–Crippen LogP) is 4.28. The van der Waals surface area contributed by atoms with Crippen LogP contribution in [0.5, 0.6) is 0 Å². The summed E-state index contributed by atoms with van der Waals surface area (Å²) in [6.07, 6.45) is 6.69. The highest BCUT2D eigenvalue weighted by atomic mass is 32.1. The lowest BCUT2D eigenvalue weighted by Crippen LogP contribution is -2.44. The highest BCUT2D eigenvalue weighted by molar-refractivity contribution is 7.08. The van der Waals surface area contributed by atoms with Gasteiger partial charge in [-0.2, -0.15) is 11.3 Å². The molecule has 2 aliphatic heterocycles. The molecule has 0 aromatic carbocycles. The van der Waals surface area contributed by atoms with Gasteiger partial charge in [0.05, 0.1) is 0 Å². The number of thiophene rings is 1. The third-order valence-electron chi connectivity index (χ3n) is 8.11. The fourth-order valence-corrected chi connectivity index (χ4v) is 6.00. The maximum Gasteiger partial charge on any atom is 0.246 e. The Morgan fingerprint density at radius 1 is 1.04 bits per heavy atom. The van der Waals surface area contributed by atoms with Crippen molar-refractivity contribution in [2.45, 2.75) is 47.0 Å². The van der Waals surface area contributed by atoms with Gasteiger partial charge in [-0.1, -0.05) is 27.7 Å². The maximum absolute atomic E-state index is 13.1. The molecule has 28 heavy (non-hydrogen) atoms. The Labute approximate surface area is 172 Å². The van der Waals surface area contributed by atoms with Crippen molar-refractivity contribution in [3.63, 3.8) is 0 Å². The van der Waals surface area contributed by atoms with Gasteiger partial charge in [0.25, 0.3) is 0 Å². The van der Waals surface area contributed by atoms with E-state index in [2.05, 4.69) is 32.6 Å². The lowest BCUT2D eigenvalue weighted by atomic mass is 9.77.